The molecule has 4 nitrogen and oxygen atoms in total. The van der Waals surface area contributed by atoms with Crippen LogP contribution >= 0.6 is 12.4 Å². The maximum Gasteiger partial charge on any atom is 0.137 e. The van der Waals surface area contributed by atoms with Gasteiger partial charge in [0.2, 0.25) is 0 Å². The summed E-state index contributed by atoms with van der Waals surface area (Å²) >= 11 is 0. The van der Waals surface area contributed by atoms with E-state index >= 15 is 0 Å². The Morgan fingerprint density at radius 1 is 1.04 bits per heavy atom. The zero-order valence-electron chi connectivity index (χ0n) is 13.5. The Balaban J connectivity index is 0.00000192. The topological polar surface area (TPSA) is 58.0 Å². The number of benzene rings is 1. The van der Waals surface area contributed by atoms with Crippen LogP contribution in [0.15, 0.2) is 24.5 Å². The van der Waals surface area contributed by atoms with Crippen LogP contribution in [0.25, 0.3) is 10.9 Å². The lowest BCUT2D eigenvalue weighted by Crippen LogP contribution is -2.21. The second kappa shape index (κ2) is 9.04. The Kier molecular flexibility index (Phi) is 7.06. The summed E-state index contributed by atoms with van der Waals surface area (Å²) in [5.41, 5.74) is 2.09. The predicted octanol–water partition coefficient (Wildman–Crippen LogP) is 4.11. The minimum atomic E-state index is 0. The molecule has 1 aromatic carbocycles. The molecule has 1 saturated carbocycles. The molecular weight excluding hydrogens is 310 g/mol. The number of rotatable bonds is 4. The van der Waals surface area contributed by atoms with Gasteiger partial charge in [-0.1, -0.05) is 38.2 Å². The Bertz CT molecular complexity index is 612. The van der Waals surface area contributed by atoms with Gasteiger partial charge in [0.1, 0.15) is 12.1 Å². The number of anilines is 1. The third-order valence-corrected chi connectivity index (χ3v) is 4.55. The van der Waals surface area contributed by atoms with E-state index in [-0.39, 0.29) is 19.0 Å². The molecule has 0 bridgehead atoms. The molecule has 2 N–H and O–H groups in total. The van der Waals surface area contributed by atoms with Gasteiger partial charge in [-0.3, -0.25) is 0 Å². The van der Waals surface area contributed by atoms with Crippen LogP contribution in [0.1, 0.15) is 50.5 Å². The molecule has 5 heteroatoms. The molecule has 0 radical (unpaired) electrons. The van der Waals surface area contributed by atoms with E-state index in [1.54, 1.807) is 6.33 Å². The second-order valence-corrected chi connectivity index (χ2v) is 6.23. The Hall–Kier alpha value is -1.39. The van der Waals surface area contributed by atoms with Gasteiger partial charge in [-0.15, -0.1) is 12.4 Å². The zero-order valence-corrected chi connectivity index (χ0v) is 14.3. The maximum atomic E-state index is 9.13. The van der Waals surface area contributed by atoms with Crippen LogP contribution in [0.4, 0.5) is 5.82 Å². The molecule has 0 saturated heterocycles. The predicted molar refractivity (Wildman–Crippen MR) is 97.3 cm³/mol. The van der Waals surface area contributed by atoms with Crippen molar-refractivity contribution >= 4 is 29.1 Å². The Morgan fingerprint density at radius 3 is 2.52 bits per heavy atom. The van der Waals surface area contributed by atoms with E-state index in [4.69, 9.17) is 5.11 Å². The number of aliphatic hydroxyl groups excluding tert-OH is 1. The first kappa shape index (κ1) is 18.0. The summed E-state index contributed by atoms with van der Waals surface area (Å²) in [5.74, 6) is 0.940. The van der Waals surface area contributed by atoms with E-state index in [0.29, 0.717) is 12.5 Å². The van der Waals surface area contributed by atoms with Crippen LogP contribution in [0.5, 0.6) is 0 Å². The SMILES string of the molecule is Cl.OCCc1ccc2ncnc(NC3CCCCCCC3)c2c1. The standard InChI is InChI=1S/C18H25N3O.ClH/c22-11-10-14-8-9-17-16(12-14)18(20-13-19-17)21-15-6-4-2-1-3-5-7-15;/h8-9,12-13,15,22H,1-7,10-11H2,(H,19,20,21);1H. The summed E-state index contributed by atoms with van der Waals surface area (Å²) in [6.07, 6.45) is 11.4. The van der Waals surface area contributed by atoms with Crippen molar-refractivity contribution in [1.29, 1.82) is 0 Å². The van der Waals surface area contributed by atoms with Crippen molar-refractivity contribution < 1.29 is 5.11 Å². The number of hydrogen-bond donors (Lipinski definition) is 2. The van der Waals surface area contributed by atoms with Crippen LogP contribution in [0.3, 0.4) is 0 Å². The van der Waals surface area contributed by atoms with Crippen molar-refractivity contribution in [2.75, 3.05) is 11.9 Å². The fraction of sp³-hybridized carbons (Fsp3) is 0.556. The van der Waals surface area contributed by atoms with Gasteiger partial charge < -0.3 is 10.4 Å². The summed E-state index contributed by atoms with van der Waals surface area (Å²) < 4.78 is 0. The van der Waals surface area contributed by atoms with Crippen LogP contribution in [-0.4, -0.2) is 27.7 Å². The lowest BCUT2D eigenvalue weighted by atomic mass is 9.96. The number of aromatic nitrogens is 2. The number of aliphatic hydroxyl groups is 1. The molecule has 0 spiro atoms. The normalized spacial score (nSPS) is 16.4. The molecular formula is C18H26ClN3O. The van der Waals surface area contributed by atoms with Gasteiger partial charge in [-0.25, -0.2) is 9.97 Å². The van der Waals surface area contributed by atoms with Crippen molar-refractivity contribution in [3.63, 3.8) is 0 Å². The van der Waals surface area contributed by atoms with Crippen molar-refractivity contribution in [1.82, 2.24) is 9.97 Å². The first-order valence-corrected chi connectivity index (χ1v) is 8.48. The zero-order chi connectivity index (χ0) is 15.2. The molecule has 23 heavy (non-hydrogen) atoms. The van der Waals surface area contributed by atoms with E-state index in [0.717, 1.165) is 22.3 Å². The fourth-order valence-electron chi connectivity index (χ4n) is 3.30. The van der Waals surface area contributed by atoms with E-state index in [2.05, 4.69) is 21.4 Å². The molecule has 3 rings (SSSR count). The average Bonchev–Trinajstić information content (AvgIpc) is 2.50. The molecule has 2 aromatic rings. The second-order valence-electron chi connectivity index (χ2n) is 6.23. The van der Waals surface area contributed by atoms with Crippen molar-refractivity contribution in [3.8, 4) is 0 Å². The van der Waals surface area contributed by atoms with Gasteiger partial charge >= 0.3 is 0 Å². The minimum absolute atomic E-state index is 0. The lowest BCUT2D eigenvalue weighted by Gasteiger charge is -2.22. The van der Waals surface area contributed by atoms with E-state index < -0.39 is 0 Å². The first-order valence-electron chi connectivity index (χ1n) is 8.48. The van der Waals surface area contributed by atoms with Gasteiger partial charge in [0.15, 0.2) is 0 Å². The molecule has 0 unspecified atom stereocenters. The van der Waals surface area contributed by atoms with Crippen LogP contribution in [0.2, 0.25) is 0 Å². The highest BCUT2D eigenvalue weighted by Gasteiger charge is 2.13. The summed E-state index contributed by atoms with van der Waals surface area (Å²) in [5, 5.41) is 13.8. The summed E-state index contributed by atoms with van der Waals surface area (Å²) in [7, 11) is 0. The third-order valence-electron chi connectivity index (χ3n) is 4.55. The van der Waals surface area contributed by atoms with Gasteiger partial charge in [0.05, 0.1) is 5.52 Å². The van der Waals surface area contributed by atoms with Crippen molar-refractivity contribution in [2.24, 2.45) is 0 Å². The Morgan fingerprint density at radius 2 is 1.78 bits per heavy atom. The maximum absolute atomic E-state index is 9.13. The molecule has 0 aliphatic heterocycles. The Labute approximate surface area is 144 Å². The first-order chi connectivity index (χ1) is 10.9. The molecule has 126 valence electrons. The molecule has 0 atom stereocenters. The van der Waals surface area contributed by atoms with Crippen LogP contribution < -0.4 is 5.32 Å². The smallest absolute Gasteiger partial charge is 0.137 e. The number of fused-ring (bicyclic) bond motifs is 1. The molecule has 1 heterocycles. The average molecular weight is 336 g/mol. The van der Waals surface area contributed by atoms with Crippen molar-refractivity contribution in [3.05, 3.63) is 30.1 Å². The van der Waals surface area contributed by atoms with E-state index in [1.165, 1.54) is 44.9 Å². The minimum Gasteiger partial charge on any atom is -0.396 e. The molecule has 1 fully saturated rings. The van der Waals surface area contributed by atoms with Gasteiger partial charge in [-0.05, 0) is 37.0 Å². The summed E-state index contributed by atoms with van der Waals surface area (Å²) in [6.45, 7) is 0.171. The number of hydrogen-bond acceptors (Lipinski definition) is 4. The molecule has 0 amide bonds. The van der Waals surface area contributed by atoms with Crippen LogP contribution in [-0.2, 0) is 6.42 Å². The number of nitrogens with zero attached hydrogens (tertiary/aromatic N) is 2. The highest BCUT2D eigenvalue weighted by atomic mass is 35.5. The lowest BCUT2D eigenvalue weighted by molar-refractivity contribution is 0.299. The van der Waals surface area contributed by atoms with E-state index in [9.17, 15) is 0 Å². The summed E-state index contributed by atoms with van der Waals surface area (Å²) in [6, 6.07) is 6.67. The quantitative estimate of drug-likeness (QED) is 0.882. The highest BCUT2D eigenvalue weighted by Crippen LogP contribution is 2.25. The number of halogens is 1. The van der Waals surface area contributed by atoms with Crippen LogP contribution in [0, 0.1) is 0 Å². The summed E-state index contributed by atoms with van der Waals surface area (Å²) in [4.78, 5) is 8.83. The van der Waals surface area contributed by atoms with Gasteiger partial charge in [0, 0.05) is 18.0 Å². The van der Waals surface area contributed by atoms with Crippen molar-refractivity contribution in [2.45, 2.75) is 57.4 Å². The molecule has 1 aliphatic rings. The number of nitrogens with one attached hydrogen (secondary N) is 1. The van der Waals surface area contributed by atoms with Gasteiger partial charge in [-0.2, -0.15) is 0 Å². The largest absolute Gasteiger partial charge is 0.396 e. The monoisotopic (exact) mass is 335 g/mol. The fourth-order valence-corrected chi connectivity index (χ4v) is 3.30. The van der Waals surface area contributed by atoms with Gasteiger partial charge in [0.25, 0.3) is 0 Å². The third kappa shape index (κ3) is 4.79. The molecule has 1 aromatic heterocycles. The molecule has 1 aliphatic carbocycles. The highest BCUT2D eigenvalue weighted by molar-refractivity contribution is 5.89. The van der Waals surface area contributed by atoms with E-state index in [1.807, 2.05) is 12.1 Å².